The lowest BCUT2D eigenvalue weighted by molar-refractivity contribution is 0.556. The molecule has 0 aromatic heterocycles. The van der Waals surface area contributed by atoms with Gasteiger partial charge >= 0.3 is 0 Å². The standard InChI is InChI=1S/C12H17B/c1-10(2)4-3-5-11-6-8-12(13)9-7-11/h6-10H,3-5H2,1-2H3. The molecule has 0 saturated heterocycles. The zero-order chi connectivity index (χ0) is 9.68. The van der Waals surface area contributed by atoms with Gasteiger partial charge in [-0.15, -0.1) is 0 Å². The lowest BCUT2D eigenvalue weighted by atomic mass is 9.94. The Morgan fingerprint density at radius 3 is 2.31 bits per heavy atom. The molecule has 1 rings (SSSR count). The van der Waals surface area contributed by atoms with Crippen molar-refractivity contribution in [2.75, 3.05) is 0 Å². The molecule has 0 heterocycles. The second-order valence-electron chi connectivity index (χ2n) is 4.03. The van der Waals surface area contributed by atoms with E-state index in [1.165, 1.54) is 24.8 Å². The maximum Gasteiger partial charge on any atom is 0.113 e. The minimum Gasteiger partial charge on any atom is -0.0967 e. The first-order valence-corrected chi connectivity index (χ1v) is 5.03. The third kappa shape index (κ3) is 4.16. The summed E-state index contributed by atoms with van der Waals surface area (Å²) in [7, 11) is 5.60. The lowest BCUT2D eigenvalue weighted by Crippen LogP contribution is -2.00. The predicted molar refractivity (Wildman–Crippen MR) is 59.6 cm³/mol. The second kappa shape index (κ2) is 5.11. The van der Waals surface area contributed by atoms with E-state index in [9.17, 15) is 0 Å². The molecule has 1 aromatic rings. The SMILES string of the molecule is [B]c1ccc(CCCC(C)C)cc1. The van der Waals surface area contributed by atoms with E-state index in [0.29, 0.717) is 0 Å². The van der Waals surface area contributed by atoms with E-state index in [0.717, 1.165) is 11.4 Å². The van der Waals surface area contributed by atoms with Crippen LogP contribution in [0.5, 0.6) is 0 Å². The van der Waals surface area contributed by atoms with E-state index in [1.807, 2.05) is 12.1 Å². The van der Waals surface area contributed by atoms with Crippen LogP contribution in [0.3, 0.4) is 0 Å². The number of benzene rings is 1. The van der Waals surface area contributed by atoms with Crippen LogP contribution in [0.15, 0.2) is 24.3 Å². The lowest BCUT2D eigenvalue weighted by Gasteiger charge is -2.04. The Balaban J connectivity index is 2.33. The van der Waals surface area contributed by atoms with E-state index in [2.05, 4.69) is 26.0 Å². The van der Waals surface area contributed by atoms with E-state index in [1.54, 1.807) is 0 Å². The van der Waals surface area contributed by atoms with Crippen LogP contribution in [0, 0.1) is 5.92 Å². The van der Waals surface area contributed by atoms with Gasteiger partial charge in [0, 0.05) is 0 Å². The first-order chi connectivity index (χ1) is 6.18. The summed E-state index contributed by atoms with van der Waals surface area (Å²) in [6, 6.07) is 8.20. The van der Waals surface area contributed by atoms with Gasteiger partial charge in [0.2, 0.25) is 0 Å². The molecule has 0 saturated carbocycles. The number of rotatable bonds is 4. The molecular formula is C12H17B. The Labute approximate surface area is 82.8 Å². The largest absolute Gasteiger partial charge is 0.113 e. The fourth-order valence-electron chi connectivity index (χ4n) is 1.40. The van der Waals surface area contributed by atoms with Crippen LogP contribution in [0.2, 0.25) is 0 Å². The van der Waals surface area contributed by atoms with Crippen LogP contribution in [0.1, 0.15) is 32.3 Å². The van der Waals surface area contributed by atoms with Gasteiger partial charge in [-0.05, 0) is 24.3 Å². The molecule has 1 aromatic carbocycles. The molecule has 2 radical (unpaired) electrons. The molecule has 0 aliphatic heterocycles. The molecule has 68 valence electrons. The Bertz CT molecular complexity index is 236. The molecule has 13 heavy (non-hydrogen) atoms. The molecule has 1 heteroatoms. The summed E-state index contributed by atoms with van der Waals surface area (Å²) >= 11 is 0. The van der Waals surface area contributed by atoms with Crippen molar-refractivity contribution >= 4 is 13.3 Å². The van der Waals surface area contributed by atoms with E-state index in [4.69, 9.17) is 7.85 Å². The summed E-state index contributed by atoms with van der Waals surface area (Å²) in [6.45, 7) is 4.53. The fraction of sp³-hybridized carbons (Fsp3) is 0.500. The highest BCUT2D eigenvalue weighted by Crippen LogP contribution is 2.08. The number of hydrogen-bond donors (Lipinski definition) is 0. The molecule has 0 aliphatic carbocycles. The summed E-state index contributed by atoms with van der Waals surface area (Å²) in [5.74, 6) is 0.814. The molecule has 0 fully saturated rings. The van der Waals surface area contributed by atoms with Crippen LogP contribution in [-0.2, 0) is 6.42 Å². The van der Waals surface area contributed by atoms with Gasteiger partial charge in [0.15, 0.2) is 0 Å². The molecule has 0 bridgehead atoms. The molecule has 0 amide bonds. The number of hydrogen-bond acceptors (Lipinski definition) is 0. The van der Waals surface area contributed by atoms with Gasteiger partial charge in [0.1, 0.15) is 7.85 Å². The van der Waals surface area contributed by atoms with Gasteiger partial charge in [-0.2, -0.15) is 0 Å². The predicted octanol–water partition coefficient (Wildman–Crippen LogP) is 2.46. The topological polar surface area (TPSA) is 0 Å². The van der Waals surface area contributed by atoms with E-state index in [-0.39, 0.29) is 0 Å². The third-order valence-electron chi connectivity index (χ3n) is 2.23. The highest BCUT2D eigenvalue weighted by molar-refractivity contribution is 6.32. The van der Waals surface area contributed by atoms with Crippen molar-refractivity contribution in [2.24, 2.45) is 5.92 Å². The Kier molecular flexibility index (Phi) is 4.07. The molecule has 0 aliphatic rings. The zero-order valence-corrected chi connectivity index (χ0v) is 8.59. The maximum atomic E-state index is 5.60. The molecule has 0 N–H and O–H groups in total. The van der Waals surface area contributed by atoms with Crippen LogP contribution in [-0.4, -0.2) is 7.85 Å². The van der Waals surface area contributed by atoms with E-state index < -0.39 is 0 Å². The van der Waals surface area contributed by atoms with Gasteiger partial charge in [0.05, 0.1) is 0 Å². The highest BCUT2D eigenvalue weighted by atomic mass is 14.0. The first kappa shape index (κ1) is 10.4. The molecule has 0 nitrogen and oxygen atoms in total. The highest BCUT2D eigenvalue weighted by Gasteiger charge is 1.95. The second-order valence-corrected chi connectivity index (χ2v) is 4.03. The Morgan fingerprint density at radius 2 is 1.77 bits per heavy atom. The Hall–Kier alpha value is -0.715. The normalized spacial score (nSPS) is 10.7. The minimum absolute atomic E-state index is 0.814. The summed E-state index contributed by atoms with van der Waals surface area (Å²) in [4.78, 5) is 0. The summed E-state index contributed by atoms with van der Waals surface area (Å²) in [5, 5.41) is 0. The molecule has 0 atom stereocenters. The van der Waals surface area contributed by atoms with Gasteiger partial charge < -0.3 is 0 Å². The van der Waals surface area contributed by atoms with Crippen molar-refractivity contribution in [1.82, 2.24) is 0 Å². The number of aryl methyl sites for hydroxylation is 1. The minimum atomic E-state index is 0.814. The fourth-order valence-corrected chi connectivity index (χ4v) is 1.40. The van der Waals surface area contributed by atoms with Gasteiger partial charge in [-0.25, -0.2) is 0 Å². The monoisotopic (exact) mass is 172 g/mol. The van der Waals surface area contributed by atoms with Crippen molar-refractivity contribution in [1.29, 1.82) is 0 Å². The Morgan fingerprint density at radius 1 is 1.15 bits per heavy atom. The summed E-state index contributed by atoms with van der Waals surface area (Å²) in [6.07, 6.45) is 3.77. The van der Waals surface area contributed by atoms with E-state index >= 15 is 0 Å². The molecule has 0 unspecified atom stereocenters. The van der Waals surface area contributed by atoms with Crippen LogP contribution >= 0.6 is 0 Å². The van der Waals surface area contributed by atoms with Crippen molar-refractivity contribution in [3.63, 3.8) is 0 Å². The maximum absolute atomic E-state index is 5.60. The average molecular weight is 172 g/mol. The van der Waals surface area contributed by atoms with Crippen molar-refractivity contribution in [3.05, 3.63) is 29.8 Å². The van der Waals surface area contributed by atoms with Gasteiger partial charge in [-0.3, -0.25) is 0 Å². The zero-order valence-electron chi connectivity index (χ0n) is 8.59. The molecule has 0 spiro atoms. The summed E-state index contributed by atoms with van der Waals surface area (Å²) in [5.41, 5.74) is 2.25. The van der Waals surface area contributed by atoms with Crippen LogP contribution in [0.25, 0.3) is 0 Å². The average Bonchev–Trinajstić information content (AvgIpc) is 2.08. The van der Waals surface area contributed by atoms with Crippen molar-refractivity contribution in [2.45, 2.75) is 33.1 Å². The molecular weight excluding hydrogens is 155 g/mol. The third-order valence-corrected chi connectivity index (χ3v) is 2.23. The van der Waals surface area contributed by atoms with Crippen LogP contribution < -0.4 is 5.46 Å². The van der Waals surface area contributed by atoms with Crippen LogP contribution in [0.4, 0.5) is 0 Å². The summed E-state index contributed by atoms with van der Waals surface area (Å²) < 4.78 is 0. The first-order valence-electron chi connectivity index (χ1n) is 5.03. The van der Waals surface area contributed by atoms with Crippen molar-refractivity contribution in [3.8, 4) is 0 Å². The van der Waals surface area contributed by atoms with Crippen molar-refractivity contribution < 1.29 is 0 Å². The van der Waals surface area contributed by atoms with Gasteiger partial charge in [0.25, 0.3) is 0 Å². The van der Waals surface area contributed by atoms with Gasteiger partial charge in [-0.1, -0.05) is 50.0 Å². The quantitative estimate of drug-likeness (QED) is 0.612. The smallest absolute Gasteiger partial charge is 0.0967 e.